The molecule has 0 saturated heterocycles. The molecule has 0 aliphatic heterocycles. The molecular weight excluding hydrogens is 284 g/mol. The monoisotopic (exact) mass is 306 g/mol. The topological polar surface area (TPSA) is 81.3 Å². The van der Waals surface area contributed by atoms with Gasteiger partial charge in [-0.3, -0.25) is 19.5 Å². The maximum Gasteiger partial charge on any atom is 0.420 e. The summed E-state index contributed by atoms with van der Waals surface area (Å²) >= 11 is 0. The van der Waals surface area contributed by atoms with Crippen molar-refractivity contribution in [2.24, 2.45) is 0 Å². The number of hydrogen-bond donors (Lipinski definition) is 1. The van der Waals surface area contributed by atoms with Crippen LogP contribution in [0.15, 0.2) is 27.4 Å². The number of imide groups is 1. The number of fused-ring (bicyclic) bond motifs is 1. The van der Waals surface area contributed by atoms with Crippen molar-refractivity contribution < 1.29 is 14.0 Å². The molecule has 120 valence electrons. The van der Waals surface area contributed by atoms with Gasteiger partial charge in [-0.1, -0.05) is 26.0 Å². The summed E-state index contributed by atoms with van der Waals surface area (Å²) < 4.78 is 6.79. The molecule has 1 heterocycles. The van der Waals surface area contributed by atoms with Crippen molar-refractivity contribution in [3.8, 4) is 0 Å². The van der Waals surface area contributed by atoms with Crippen LogP contribution in [0.25, 0.3) is 11.1 Å². The molecule has 0 fully saturated rings. The number of amides is 2. The van der Waals surface area contributed by atoms with Gasteiger partial charge in [0.2, 0.25) is 12.3 Å². The molecule has 1 N–H and O–H groups in total. The zero-order chi connectivity index (χ0) is 16.7. The number of carbonyl (C=O) groups is 2. The third-order valence-corrected chi connectivity index (χ3v) is 3.29. The van der Waals surface area contributed by atoms with Crippen molar-refractivity contribution in [1.82, 2.24) is 9.88 Å². The van der Waals surface area contributed by atoms with E-state index in [9.17, 15) is 14.4 Å². The number of nitrogens with zero attached hydrogens (tertiary/aromatic N) is 1. The van der Waals surface area contributed by atoms with E-state index in [-0.39, 0.29) is 18.4 Å². The molecule has 2 amide bonds. The number of aryl methyl sites for hydroxylation is 1. The molecule has 0 saturated carbocycles. The lowest BCUT2D eigenvalue weighted by Crippen LogP contribution is -2.24. The lowest BCUT2D eigenvalue weighted by Gasteiger charge is -2.11. The first kappa shape index (κ1) is 17.7. The maximum atomic E-state index is 11.9. The Balaban J connectivity index is 0.00000116. The van der Waals surface area contributed by atoms with Crippen LogP contribution in [0.5, 0.6) is 0 Å². The van der Waals surface area contributed by atoms with Gasteiger partial charge in [-0.25, -0.2) is 4.79 Å². The standard InChI is InChI=1S/C14H16N2O4.C2H6/c1-9-4-3-5-11-13(9)20-14(19)16(11)10(2)6-7-12(18)15-8-17;1-2/h3-5,8,10H,6-7H2,1-2H3,(H,15,17,18);1-2H3. The Labute approximate surface area is 129 Å². The third kappa shape index (κ3) is 3.84. The summed E-state index contributed by atoms with van der Waals surface area (Å²) in [7, 11) is 0. The van der Waals surface area contributed by atoms with Crippen molar-refractivity contribution in [1.29, 1.82) is 0 Å². The summed E-state index contributed by atoms with van der Waals surface area (Å²) in [5, 5.41) is 2.08. The van der Waals surface area contributed by atoms with Crippen molar-refractivity contribution in [3.05, 3.63) is 34.3 Å². The van der Waals surface area contributed by atoms with Crippen molar-refractivity contribution in [2.45, 2.75) is 46.6 Å². The fourth-order valence-corrected chi connectivity index (χ4v) is 2.22. The molecule has 2 aromatic rings. The van der Waals surface area contributed by atoms with Gasteiger partial charge in [0.1, 0.15) is 0 Å². The first-order valence-electron chi connectivity index (χ1n) is 7.38. The van der Waals surface area contributed by atoms with E-state index < -0.39 is 5.76 Å². The first-order chi connectivity index (χ1) is 10.5. The van der Waals surface area contributed by atoms with Crippen molar-refractivity contribution >= 4 is 23.4 Å². The smallest absolute Gasteiger partial charge is 0.407 e. The van der Waals surface area contributed by atoms with Crippen LogP contribution in [-0.2, 0) is 9.59 Å². The average molecular weight is 306 g/mol. The molecule has 1 aromatic carbocycles. The van der Waals surface area contributed by atoms with E-state index in [1.165, 1.54) is 4.57 Å². The Morgan fingerprint density at radius 3 is 2.73 bits per heavy atom. The molecule has 1 unspecified atom stereocenters. The second-order valence-corrected chi connectivity index (χ2v) is 4.73. The predicted molar refractivity (Wildman–Crippen MR) is 84.7 cm³/mol. The van der Waals surface area contributed by atoms with Gasteiger partial charge in [-0.15, -0.1) is 0 Å². The molecule has 22 heavy (non-hydrogen) atoms. The molecule has 6 heteroatoms. The SMILES string of the molecule is CC.Cc1cccc2c1oc(=O)n2C(C)CCC(=O)NC=O. The second kappa shape index (κ2) is 8.17. The molecule has 0 aliphatic rings. The highest BCUT2D eigenvalue weighted by Gasteiger charge is 2.16. The third-order valence-electron chi connectivity index (χ3n) is 3.29. The van der Waals surface area contributed by atoms with E-state index >= 15 is 0 Å². The number of nitrogens with one attached hydrogen (secondary N) is 1. The normalized spacial score (nSPS) is 11.5. The number of para-hydroxylation sites is 1. The molecule has 1 aromatic heterocycles. The zero-order valence-corrected chi connectivity index (χ0v) is 13.4. The maximum absolute atomic E-state index is 11.9. The van der Waals surface area contributed by atoms with Crippen LogP contribution in [0.3, 0.4) is 0 Å². The van der Waals surface area contributed by atoms with Gasteiger partial charge < -0.3 is 4.42 Å². The molecule has 0 spiro atoms. The molecule has 1 atom stereocenters. The molecule has 0 bridgehead atoms. The Bertz CT molecular complexity index is 700. The highest BCUT2D eigenvalue weighted by Crippen LogP contribution is 2.22. The molecule has 2 rings (SSSR count). The number of benzene rings is 1. The lowest BCUT2D eigenvalue weighted by atomic mass is 10.1. The largest absolute Gasteiger partial charge is 0.420 e. The van der Waals surface area contributed by atoms with Gasteiger partial charge in [-0.05, 0) is 31.9 Å². The van der Waals surface area contributed by atoms with Gasteiger partial charge in [0.15, 0.2) is 5.58 Å². The highest BCUT2D eigenvalue weighted by molar-refractivity contribution is 5.85. The fraction of sp³-hybridized carbons (Fsp3) is 0.438. The van der Waals surface area contributed by atoms with Gasteiger partial charge >= 0.3 is 5.76 Å². The number of hydrogen-bond acceptors (Lipinski definition) is 4. The van der Waals surface area contributed by atoms with Crippen LogP contribution in [0.2, 0.25) is 0 Å². The van der Waals surface area contributed by atoms with Crippen LogP contribution in [0.4, 0.5) is 0 Å². The summed E-state index contributed by atoms with van der Waals surface area (Å²) in [4.78, 5) is 33.4. The van der Waals surface area contributed by atoms with Gasteiger partial charge in [0.25, 0.3) is 0 Å². The van der Waals surface area contributed by atoms with Gasteiger partial charge in [0.05, 0.1) is 5.52 Å². The Morgan fingerprint density at radius 2 is 2.09 bits per heavy atom. The van der Waals surface area contributed by atoms with E-state index in [1.54, 1.807) is 0 Å². The first-order valence-corrected chi connectivity index (χ1v) is 7.38. The minimum atomic E-state index is -0.433. The van der Waals surface area contributed by atoms with Crippen LogP contribution in [0.1, 0.15) is 45.2 Å². The van der Waals surface area contributed by atoms with E-state index in [0.29, 0.717) is 18.4 Å². The minimum absolute atomic E-state index is 0.171. The summed E-state index contributed by atoms with van der Waals surface area (Å²) in [5.41, 5.74) is 2.18. The highest BCUT2D eigenvalue weighted by atomic mass is 16.4. The van der Waals surface area contributed by atoms with Crippen LogP contribution >= 0.6 is 0 Å². The molecule has 6 nitrogen and oxygen atoms in total. The fourth-order valence-electron chi connectivity index (χ4n) is 2.22. The minimum Gasteiger partial charge on any atom is -0.407 e. The van der Waals surface area contributed by atoms with Crippen LogP contribution < -0.4 is 11.1 Å². The average Bonchev–Trinajstić information content (AvgIpc) is 2.85. The van der Waals surface area contributed by atoms with E-state index in [1.807, 2.05) is 45.9 Å². The number of aromatic nitrogens is 1. The zero-order valence-electron chi connectivity index (χ0n) is 13.4. The molecule has 0 radical (unpaired) electrons. The number of oxazole rings is 1. The summed E-state index contributed by atoms with van der Waals surface area (Å²) in [6, 6.07) is 5.35. The van der Waals surface area contributed by atoms with E-state index in [4.69, 9.17) is 4.42 Å². The molecule has 0 aliphatic carbocycles. The van der Waals surface area contributed by atoms with E-state index in [2.05, 4.69) is 5.32 Å². The van der Waals surface area contributed by atoms with E-state index in [0.717, 1.165) is 11.1 Å². The van der Waals surface area contributed by atoms with Crippen molar-refractivity contribution in [2.75, 3.05) is 0 Å². The summed E-state index contributed by atoms with van der Waals surface area (Å²) in [5.74, 6) is -0.790. The summed E-state index contributed by atoms with van der Waals surface area (Å²) in [6.45, 7) is 7.71. The Hall–Kier alpha value is -2.37. The summed E-state index contributed by atoms with van der Waals surface area (Å²) in [6.07, 6.45) is 0.975. The number of rotatable bonds is 5. The van der Waals surface area contributed by atoms with Crippen LogP contribution in [0, 0.1) is 6.92 Å². The van der Waals surface area contributed by atoms with Gasteiger partial charge in [0, 0.05) is 12.5 Å². The van der Waals surface area contributed by atoms with Crippen molar-refractivity contribution in [3.63, 3.8) is 0 Å². The van der Waals surface area contributed by atoms with Crippen LogP contribution in [-0.4, -0.2) is 16.9 Å². The predicted octanol–water partition coefficient (Wildman–Crippen LogP) is 2.54. The van der Waals surface area contributed by atoms with Gasteiger partial charge in [-0.2, -0.15) is 0 Å². The quantitative estimate of drug-likeness (QED) is 0.861. The Kier molecular flexibility index (Phi) is 6.56. The lowest BCUT2D eigenvalue weighted by molar-refractivity contribution is -0.125. The number of carbonyl (C=O) groups excluding carboxylic acids is 2. The Morgan fingerprint density at radius 1 is 1.41 bits per heavy atom. The molecular formula is C16H22N2O4. The second-order valence-electron chi connectivity index (χ2n) is 4.73.